The van der Waals surface area contributed by atoms with E-state index in [0.717, 1.165) is 5.56 Å². The number of fused-ring (bicyclic) bond motifs is 2. The van der Waals surface area contributed by atoms with Gasteiger partial charge in [0.25, 0.3) is 0 Å². The Hall–Kier alpha value is -2.95. The number of benzene rings is 2. The summed E-state index contributed by atoms with van der Waals surface area (Å²) in [6.45, 7) is 0.626. The molecule has 0 saturated carbocycles. The van der Waals surface area contributed by atoms with E-state index in [-0.39, 0.29) is 11.0 Å². The summed E-state index contributed by atoms with van der Waals surface area (Å²) in [5.74, 6) is -0.426. The maximum Gasteiger partial charge on any atom is 0.200 e. The Balaban J connectivity index is 1.91. The highest BCUT2D eigenvalue weighted by atomic mass is 19.1. The maximum absolute atomic E-state index is 13.3. The number of nitrogens with zero attached hydrogens (tertiary/aromatic N) is 2. The van der Waals surface area contributed by atoms with Crippen molar-refractivity contribution < 1.29 is 8.81 Å². The number of rotatable bonds is 2. The molecule has 0 N–H and O–H groups in total. The third-order valence-electron chi connectivity index (χ3n) is 3.62. The van der Waals surface area contributed by atoms with Crippen molar-refractivity contribution in [2.24, 2.45) is 0 Å². The normalized spacial score (nSPS) is 11.3. The van der Waals surface area contributed by atoms with Crippen LogP contribution in [0.1, 0.15) is 5.56 Å². The van der Waals surface area contributed by atoms with E-state index in [1.807, 2.05) is 16.8 Å². The summed E-state index contributed by atoms with van der Waals surface area (Å²) in [4.78, 5) is 16.4. The summed E-state index contributed by atoms with van der Waals surface area (Å²) in [6.07, 6.45) is 5.28. The van der Waals surface area contributed by atoms with Crippen molar-refractivity contribution in [2.45, 2.75) is 6.54 Å². The molecule has 2 aromatic heterocycles. The molecule has 0 unspecified atom stereocenters. The van der Waals surface area contributed by atoms with Gasteiger partial charge in [0.1, 0.15) is 17.0 Å². The van der Waals surface area contributed by atoms with Gasteiger partial charge in [-0.3, -0.25) is 4.79 Å². The van der Waals surface area contributed by atoms with Crippen LogP contribution in [0.4, 0.5) is 4.39 Å². The molecule has 4 aromatic rings. The fourth-order valence-electron chi connectivity index (χ4n) is 2.56. The lowest BCUT2D eigenvalue weighted by molar-refractivity contribution is 0.615. The van der Waals surface area contributed by atoms with Gasteiger partial charge in [0.05, 0.1) is 17.1 Å². The summed E-state index contributed by atoms with van der Waals surface area (Å²) in [6, 6.07) is 9.39. The molecule has 22 heavy (non-hydrogen) atoms. The first kappa shape index (κ1) is 12.8. The van der Waals surface area contributed by atoms with Crippen LogP contribution in [0.15, 0.2) is 64.3 Å². The minimum atomic E-state index is -0.426. The predicted octanol–water partition coefficient (Wildman–Crippen LogP) is 3.33. The lowest BCUT2D eigenvalue weighted by atomic mass is 10.1. The van der Waals surface area contributed by atoms with Crippen molar-refractivity contribution in [2.75, 3.05) is 0 Å². The van der Waals surface area contributed by atoms with E-state index in [0.29, 0.717) is 22.9 Å². The highest BCUT2D eigenvalue weighted by Gasteiger charge is 2.09. The Labute approximate surface area is 124 Å². The van der Waals surface area contributed by atoms with Gasteiger partial charge in [0.15, 0.2) is 0 Å². The molecule has 4 rings (SSSR count). The third-order valence-corrected chi connectivity index (χ3v) is 3.62. The molecule has 0 fully saturated rings. The van der Waals surface area contributed by atoms with Gasteiger partial charge >= 0.3 is 0 Å². The monoisotopic (exact) mass is 294 g/mol. The molecular weight excluding hydrogens is 283 g/mol. The van der Waals surface area contributed by atoms with Crippen molar-refractivity contribution in [3.05, 3.63) is 76.7 Å². The van der Waals surface area contributed by atoms with E-state index >= 15 is 0 Å². The molecular formula is C17H11FN2O2. The SMILES string of the molecule is O=c1c2ccc(F)cc2oc2cc(Cn3ccnc3)ccc12. The second-order valence-corrected chi connectivity index (χ2v) is 5.14. The van der Waals surface area contributed by atoms with Crippen LogP contribution in [0.2, 0.25) is 0 Å². The number of hydrogen-bond donors (Lipinski definition) is 0. The average molecular weight is 294 g/mol. The largest absolute Gasteiger partial charge is 0.456 e. The quantitative estimate of drug-likeness (QED) is 0.533. The molecule has 108 valence electrons. The minimum absolute atomic E-state index is 0.148. The Morgan fingerprint density at radius 2 is 1.86 bits per heavy atom. The smallest absolute Gasteiger partial charge is 0.200 e. The lowest BCUT2D eigenvalue weighted by Crippen LogP contribution is -2.03. The third kappa shape index (κ3) is 2.07. The molecule has 2 aromatic carbocycles. The molecule has 0 saturated heterocycles. The number of hydrogen-bond acceptors (Lipinski definition) is 3. The van der Waals surface area contributed by atoms with Crippen LogP contribution in [-0.4, -0.2) is 9.55 Å². The fourth-order valence-corrected chi connectivity index (χ4v) is 2.56. The Bertz CT molecular complexity index is 1040. The van der Waals surface area contributed by atoms with E-state index in [4.69, 9.17) is 4.42 Å². The Morgan fingerprint density at radius 3 is 2.64 bits per heavy atom. The molecule has 0 atom stereocenters. The van der Waals surface area contributed by atoms with Crippen LogP contribution in [-0.2, 0) is 6.54 Å². The number of imidazole rings is 1. The predicted molar refractivity (Wildman–Crippen MR) is 81.3 cm³/mol. The van der Waals surface area contributed by atoms with Crippen molar-refractivity contribution in [1.82, 2.24) is 9.55 Å². The van der Waals surface area contributed by atoms with Crippen LogP contribution >= 0.6 is 0 Å². The Morgan fingerprint density at radius 1 is 1.09 bits per heavy atom. The minimum Gasteiger partial charge on any atom is -0.456 e. The zero-order valence-corrected chi connectivity index (χ0v) is 11.5. The van der Waals surface area contributed by atoms with Gasteiger partial charge in [-0.15, -0.1) is 0 Å². The Kier molecular flexibility index (Phi) is 2.79. The second-order valence-electron chi connectivity index (χ2n) is 5.14. The van der Waals surface area contributed by atoms with Crippen LogP contribution in [0.5, 0.6) is 0 Å². The lowest BCUT2D eigenvalue weighted by Gasteiger charge is -2.05. The van der Waals surface area contributed by atoms with Crippen molar-refractivity contribution >= 4 is 21.9 Å². The highest BCUT2D eigenvalue weighted by Crippen LogP contribution is 2.21. The van der Waals surface area contributed by atoms with Crippen molar-refractivity contribution in [1.29, 1.82) is 0 Å². The molecule has 2 heterocycles. The molecule has 0 aliphatic rings. The van der Waals surface area contributed by atoms with Gasteiger partial charge in [-0.05, 0) is 29.8 Å². The standard InChI is InChI=1S/C17H11FN2O2/c18-12-2-4-14-16(8-12)22-15-7-11(1-3-13(15)17(14)21)9-20-6-5-19-10-20/h1-8,10H,9H2. The van der Waals surface area contributed by atoms with Crippen LogP contribution in [0.25, 0.3) is 21.9 Å². The topological polar surface area (TPSA) is 48.0 Å². The molecule has 0 radical (unpaired) electrons. The number of aromatic nitrogens is 2. The van der Waals surface area contributed by atoms with Crippen LogP contribution in [0.3, 0.4) is 0 Å². The summed E-state index contributed by atoms with van der Waals surface area (Å²) in [7, 11) is 0. The van der Waals surface area contributed by atoms with Crippen molar-refractivity contribution in [3.63, 3.8) is 0 Å². The number of halogens is 1. The van der Waals surface area contributed by atoms with Gasteiger partial charge in [-0.1, -0.05) is 6.07 Å². The molecule has 0 bridgehead atoms. The average Bonchev–Trinajstić information content (AvgIpc) is 3.00. The van der Waals surface area contributed by atoms with Gasteiger partial charge in [0.2, 0.25) is 5.43 Å². The first-order valence-electron chi connectivity index (χ1n) is 6.81. The first-order valence-corrected chi connectivity index (χ1v) is 6.81. The van der Waals surface area contributed by atoms with E-state index in [1.54, 1.807) is 24.7 Å². The summed E-state index contributed by atoms with van der Waals surface area (Å²) >= 11 is 0. The van der Waals surface area contributed by atoms with E-state index in [9.17, 15) is 9.18 Å². The zero-order valence-electron chi connectivity index (χ0n) is 11.5. The summed E-state index contributed by atoms with van der Waals surface area (Å²) in [5, 5.41) is 0.879. The van der Waals surface area contributed by atoms with Crippen LogP contribution < -0.4 is 5.43 Å². The molecule has 0 aliphatic heterocycles. The second kappa shape index (κ2) is 4.80. The molecule has 0 spiro atoms. The van der Waals surface area contributed by atoms with E-state index in [1.165, 1.54) is 18.2 Å². The van der Waals surface area contributed by atoms with Gasteiger partial charge in [-0.25, -0.2) is 9.37 Å². The first-order chi connectivity index (χ1) is 10.7. The van der Waals surface area contributed by atoms with Gasteiger partial charge in [0, 0.05) is 25.0 Å². The highest BCUT2D eigenvalue weighted by molar-refractivity contribution is 5.89. The molecule has 0 amide bonds. The van der Waals surface area contributed by atoms with E-state index < -0.39 is 5.82 Å². The fraction of sp³-hybridized carbons (Fsp3) is 0.0588. The van der Waals surface area contributed by atoms with Crippen molar-refractivity contribution in [3.8, 4) is 0 Å². The van der Waals surface area contributed by atoms with Gasteiger partial charge < -0.3 is 8.98 Å². The van der Waals surface area contributed by atoms with Gasteiger partial charge in [-0.2, -0.15) is 0 Å². The molecule has 0 aliphatic carbocycles. The maximum atomic E-state index is 13.3. The summed E-state index contributed by atoms with van der Waals surface area (Å²) in [5.41, 5.74) is 1.55. The zero-order chi connectivity index (χ0) is 15.1. The van der Waals surface area contributed by atoms with E-state index in [2.05, 4.69) is 4.98 Å². The molecule has 4 nitrogen and oxygen atoms in total. The van der Waals surface area contributed by atoms with Crippen LogP contribution in [0, 0.1) is 5.82 Å². The summed E-state index contributed by atoms with van der Waals surface area (Å²) < 4.78 is 20.9. The molecule has 5 heteroatoms.